The van der Waals surface area contributed by atoms with Crippen LogP contribution in [0.4, 0.5) is 8.78 Å². The highest BCUT2D eigenvalue weighted by atomic mass is 19.3. The Morgan fingerprint density at radius 1 is 1.36 bits per heavy atom. The number of halogens is 2. The van der Waals surface area contributed by atoms with Gasteiger partial charge in [0.2, 0.25) is 0 Å². The number of hydrogen-bond acceptors (Lipinski definition) is 4. The van der Waals surface area contributed by atoms with E-state index in [1.54, 1.807) is 12.1 Å². The van der Waals surface area contributed by atoms with E-state index in [4.69, 9.17) is 15.2 Å². The molecule has 2 rings (SSSR count). The van der Waals surface area contributed by atoms with Crippen molar-refractivity contribution in [1.29, 1.82) is 0 Å². The molecule has 0 amide bonds. The van der Waals surface area contributed by atoms with Crippen LogP contribution < -0.4 is 15.2 Å². The van der Waals surface area contributed by atoms with Crippen LogP contribution in [0.5, 0.6) is 11.5 Å². The van der Waals surface area contributed by atoms with Crippen LogP contribution in [0, 0.1) is 0 Å². The molecule has 122 valence electrons. The zero-order valence-electron chi connectivity index (χ0n) is 12.3. The first-order valence-corrected chi connectivity index (χ1v) is 6.84. The molecular weight excluding hydrogens is 296 g/mol. The van der Waals surface area contributed by atoms with E-state index in [1.807, 2.05) is 4.90 Å². The number of nitrogens with zero attached hydrogens (tertiary/aromatic N) is 2. The van der Waals surface area contributed by atoms with Gasteiger partial charge in [-0.05, 0) is 17.7 Å². The van der Waals surface area contributed by atoms with E-state index in [0.29, 0.717) is 37.8 Å². The Bertz CT molecular complexity index is 520. The Balaban J connectivity index is 2.05. The number of guanidine groups is 1. The van der Waals surface area contributed by atoms with Crippen LogP contribution in [0.15, 0.2) is 23.2 Å². The molecule has 0 saturated carbocycles. The first kappa shape index (κ1) is 16.3. The second kappa shape index (κ2) is 7.79. The fraction of sp³-hybridized carbons (Fsp3) is 0.500. The van der Waals surface area contributed by atoms with Crippen molar-refractivity contribution >= 4 is 5.96 Å². The minimum absolute atomic E-state index is 0.0184. The maximum Gasteiger partial charge on any atom is 0.387 e. The lowest BCUT2D eigenvalue weighted by Crippen LogP contribution is -2.44. The largest absolute Gasteiger partial charge is 0.493 e. The number of morpholine rings is 1. The number of methoxy groups -OCH3 is 1. The molecule has 0 aliphatic carbocycles. The second-order valence-corrected chi connectivity index (χ2v) is 4.64. The Labute approximate surface area is 127 Å². The van der Waals surface area contributed by atoms with Crippen molar-refractivity contribution in [2.45, 2.75) is 13.2 Å². The van der Waals surface area contributed by atoms with E-state index in [1.165, 1.54) is 13.2 Å². The summed E-state index contributed by atoms with van der Waals surface area (Å²) in [6.45, 7) is -0.0237. The average Bonchev–Trinajstić information content (AvgIpc) is 2.53. The van der Waals surface area contributed by atoms with Crippen LogP contribution in [-0.2, 0) is 11.3 Å². The van der Waals surface area contributed by atoms with Gasteiger partial charge in [-0.1, -0.05) is 6.07 Å². The first-order valence-electron chi connectivity index (χ1n) is 6.84. The summed E-state index contributed by atoms with van der Waals surface area (Å²) in [4.78, 5) is 6.19. The fourth-order valence-electron chi connectivity index (χ4n) is 2.07. The van der Waals surface area contributed by atoms with Crippen molar-refractivity contribution < 1.29 is 23.0 Å². The van der Waals surface area contributed by atoms with Crippen LogP contribution in [0.25, 0.3) is 0 Å². The summed E-state index contributed by atoms with van der Waals surface area (Å²) < 4.78 is 39.4. The van der Waals surface area contributed by atoms with E-state index >= 15 is 0 Å². The van der Waals surface area contributed by atoms with Crippen molar-refractivity contribution in [2.75, 3.05) is 33.4 Å². The number of alkyl halides is 2. The van der Waals surface area contributed by atoms with Gasteiger partial charge >= 0.3 is 6.61 Å². The smallest absolute Gasteiger partial charge is 0.387 e. The highest BCUT2D eigenvalue weighted by Gasteiger charge is 2.13. The predicted molar refractivity (Wildman–Crippen MR) is 77.3 cm³/mol. The summed E-state index contributed by atoms with van der Waals surface area (Å²) in [5.74, 6) is 0.639. The van der Waals surface area contributed by atoms with Crippen molar-refractivity contribution in [3.63, 3.8) is 0 Å². The lowest BCUT2D eigenvalue weighted by Gasteiger charge is -2.27. The molecule has 1 aliphatic rings. The molecule has 0 radical (unpaired) electrons. The molecule has 0 aromatic heterocycles. The topological polar surface area (TPSA) is 69.3 Å². The Hall–Kier alpha value is -2.09. The monoisotopic (exact) mass is 315 g/mol. The molecule has 22 heavy (non-hydrogen) atoms. The van der Waals surface area contributed by atoms with E-state index in [2.05, 4.69) is 9.73 Å². The third-order valence-electron chi connectivity index (χ3n) is 3.20. The molecule has 0 spiro atoms. The molecule has 1 fully saturated rings. The van der Waals surface area contributed by atoms with Gasteiger partial charge in [-0.3, -0.25) is 0 Å². The van der Waals surface area contributed by atoms with E-state index in [0.717, 1.165) is 0 Å². The Kier molecular flexibility index (Phi) is 5.76. The molecule has 8 heteroatoms. The van der Waals surface area contributed by atoms with Crippen molar-refractivity contribution in [3.05, 3.63) is 23.8 Å². The van der Waals surface area contributed by atoms with E-state index in [9.17, 15) is 8.78 Å². The maximum atomic E-state index is 12.4. The third-order valence-corrected chi connectivity index (χ3v) is 3.20. The quantitative estimate of drug-likeness (QED) is 0.658. The molecule has 1 aromatic carbocycles. The van der Waals surface area contributed by atoms with Crippen molar-refractivity contribution in [1.82, 2.24) is 4.90 Å². The zero-order valence-corrected chi connectivity index (χ0v) is 12.3. The SMILES string of the molecule is COc1ccc(CN=C(N)N2CCOCC2)cc1OC(F)F. The van der Waals surface area contributed by atoms with Gasteiger partial charge in [0.1, 0.15) is 0 Å². The van der Waals surface area contributed by atoms with E-state index in [-0.39, 0.29) is 18.0 Å². The lowest BCUT2D eigenvalue weighted by atomic mass is 10.2. The summed E-state index contributed by atoms with van der Waals surface area (Å²) in [6.07, 6.45) is 0. The number of nitrogens with two attached hydrogens (primary N) is 1. The highest BCUT2D eigenvalue weighted by molar-refractivity contribution is 5.78. The third kappa shape index (κ3) is 4.45. The summed E-state index contributed by atoms with van der Waals surface area (Å²) in [6, 6.07) is 4.77. The molecule has 1 aromatic rings. The molecular formula is C14H19F2N3O3. The van der Waals surface area contributed by atoms with Crippen LogP contribution in [0.3, 0.4) is 0 Å². The molecule has 0 unspecified atom stereocenters. The number of rotatable bonds is 5. The fourth-order valence-corrected chi connectivity index (χ4v) is 2.07. The van der Waals surface area contributed by atoms with Crippen LogP contribution >= 0.6 is 0 Å². The van der Waals surface area contributed by atoms with Crippen LogP contribution in [0.2, 0.25) is 0 Å². The minimum Gasteiger partial charge on any atom is -0.493 e. The van der Waals surface area contributed by atoms with Crippen LogP contribution in [0.1, 0.15) is 5.56 Å². The number of ether oxygens (including phenoxy) is 3. The summed E-state index contributed by atoms with van der Waals surface area (Å²) in [5.41, 5.74) is 6.62. The minimum atomic E-state index is -2.91. The molecule has 6 nitrogen and oxygen atoms in total. The summed E-state index contributed by atoms with van der Waals surface area (Å²) in [5, 5.41) is 0. The molecule has 0 bridgehead atoms. The molecule has 1 aliphatic heterocycles. The summed E-state index contributed by atoms with van der Waals surface area (Å²) in [7, 11) is 1.39. The molecule has 1 heterocycles. The van der Waals surface area contributed by atoms with E-state index < -0.39 is 6.61 Å². The second-order valence-electron chi connectivity index (χ2n) is 4.64. The zero-order chi connectivity index (χ0) is 15.9. The van der Waals surface area contributed by atoms with Gasteiger partial charge in [0.25, 0.3) is 0 Å². The first-order chi connectivity index (χ1) is 10.6. The molecule has 2 N–H and O–H groups in total. The predicted octanol–water partition coefficient (Wildman–Crippen LogP) is 1.44. The highest BCUT2D eigenvalue weighted by Crippen LogP contribution is 2.29. The van der Waals surface area contributed by atoms with Crippen molar-refractivity contribution in [2.24, 2.45) is 10.7 Å². The summed E-state index contributed by atoms with van der Waals surface area (Å²) >= 11 is 0. The van der Waals surface area contributed by atoms with Crippen molar-refractivity contribution in [3.8, 4) is 11.5 Å². The van der Waals surface area contributed by atoms with Crippen LogP contribution in [-0.4, -0.2) is 50.9 Å². The number of benzene rings is 1. The number of aliphatic imine (C=N–C) groups is 1. The normalized spacial score (nSPS) is 16.0. The van der Waals surface area contributed by atoms with Gasteiger partial charge < -0.3 is 24.8 Å². The van der Waals surface area contributed by atoms with Gasteiger partial charge in [0, 0.05) is 13.1 Å². The Morgan fingerprint density at radius 3 is 2.73 bits per heavy atom. The lowest BCUT2D eigenvalue weighted by molar-refractivity contribution is -0.0512. The van der Waals surface area contributed by atoms with Gasteiger partial charge in [0.15, 0.2) is 17.5 Å². The maximum absolute atomic E-state index is 12.4. The van der Waals surface area contributed by atoms with Gasteiger partial charge in [-0.2, -0.15) is 8.78 Å². The standard InChI is InChI=1S/C14H19F2N3O3/c1-20-11-3-2-10(8-12(11)22-13(15)16)9-18-14(17)19-4-6-21-7-5-19/h2-3,8,13H,4-7,9H2,1H3,(H2,17,18). The van der Waals surface area contributed by atoms with Gasteiger partial charge in [-0.25, -0.2) is 4.99 Å². The van der Waals surface area contributed by atoms with Gasteiger partial charge in [-0.15, -0.1) is 0 Å². The van der Waals surface area contributed by atoms with Gasteiger partial charge in [0.05, 0.1) is 26.9 Å². The molecule has 0 atom stereocenters. The molecule has 1 saturated heterocycles. The average molecular weight is 315 g/mol. The number of hydrogen-bond donors (Lipinski definition) is 1. The Morgan fingerprint density at radius 2 is 2.09 bits per heavy atom.